The van der Waals surface area contributed by atoms with Crippen LogP contribution < -0.4 is 10.5 Å². The van der Waals surface area contributed by atoms with Crippen LogP contribution in [0.3, 0.4) is 0 Å². The highest BCUT2D eigenvalue weighted by atomic mass is 35.5. The maximum absolute atomic E-state index is 13.3. The van der Waals surface area contributed by atoms with Crippen molar-refractivity contribution in [3.05, 3.63) is 69.2 Å². The lowest BCUT2D eigenvalue weighted by Gasteiger charge is -2.37. The molecule has 2 aliphatic rings. The number of amides is 2. The molecule has 2 heterocycles. The molecule has 0 unspecified atom stereocenters. The minimum atomic E-state index is -0.278. The number of fused-ring (bicyclic) bond motifs is 1. The van der Waals surface area contributed by atoms with Gasteiger partial charge in [0.15, 0.2) is 0 Å². The number of halogens is 1. The van der Waals surface area contributed by atoms with E-state index in [0.717, 1.165) is 36.9 Å². The standard InChI is InChI=1S/C29H31ClN6O3/c1-33(17-20-6-7-22(16-31)25(30)14-20)27(37)18-36-19-32-26-9-8-23(15-24(26)29(36)39)34-10-12-35(13-11-34)28(38)21-4-2-3-5-21/h6-9,14-15,19,21H,2-5,10-13,17-18H2,1H3. The molecule has 2 aromatic carbocycles. The van der Waals surface area contributed by atoms with Gasteiger partial charge in [-0.1, -0.05) is 30.5 Å². The summed E-state index contributed by atoms with van der Waals surface area (Å²) in [6.07, 6.45) is 5.71. The molecule has 2 amide bonds. The Morgan fingerprint density at radius 2 is 1.85 bits per heavy atom. The van der Waals surface area contributed by atoms with E-state index in [1.54, 1.807) is 25.2 Å². The fourth-order valence-corrected chi connectivity index (χ4v) is 5.69. The summed E-state index contributed by atoms with van der Waals surface area (Å²) in [4.78, 5) is 49.1. The van der Waals surface area contributed by atoms with E-state index in [9.17, 15) is 14.4 Å². The van der Waals surface area contributed by atoms with Gasteiger partial charge in [-0.2, -0.15) is 5.26 Å². The molecular formula is C29H31ClN6O3. The van der Waals surface area contributed by atoms with Gasteiger partial charge in [-0.3, -0.25) is 19.0 Å². The molecule has 0 atom stereocenters. The van der Waals surface area contributed by atoms with E-state index in [4.69, 9.17) is 16.9 Å². The Morgan fingerprint density at radius 3 is 2.54 bits per heavy atom. The predicted molar refractivity (Wildman–Crippen MR) is 149 cm³/mol. The van der Waals surface area contributed by atoms with E-state index in [2.05, 4.69) is 9.88 Å². The van der Waals surface area contributed by atoms with Gasteiger partial charge in [0, 0.05) is 51.4 Å². The largest absolute Gasteiger partial charge is 0.368 e. The maximum atomic E-state index is 13.3. The van der Waals surface area contributed by atoms with E-state index in [1.165, 1.54) is 15.8 Å². The van der Waals surface area contributed by atoms with Crippen LogP contribution in [0.1, 0.15) is 36.8 Å². The van der Waals surface area contributed by atoms with Crippen LogP contribution in [0.15, 0.2) is 47.5 Å². The number of hydrogen-bond acceptors (Lipinski definition) is 6. The average molecular weight is 547 g/mol. The summed E-state index contributed by atoms with van der Waals surface area (Å²) in [7, 11) is 1.66. The van der Waals surface area contributed by atoms with Gasteiger partial charge in [0.1, 0.15) is 12.6 Å². The normalized spacial score (nSPS) is 15.9. The van der Waals surface area contributed by atoms with Gasteiger partial charge >= 0.3 is 0 Å². The number of aromatic nitrogens is 2. The van der Waals surface area contributed by atoms with Crippen LogP contribution in [0.4, 0.5) is 5.69 Å². The molecule has 0 radical (unpaired) electrons. The molecule has 202 valence electrons. The highest BCUT2D eigenvalue weighted by Crippen LogP contribution is 2.28. The number of carbonyl (C=O) groups is 2. The summed E-state index contributed by atoms with van der Waals surface area (Å²) in [5, 5.41) is 9.84. The highest BCUT2D eigenvalue weighted by Gasteiger charge is 2.29. The quantitative estimate of drug-likeness (QED) is 0.469. The van der Waals surface area contributed by atoms with E-state index in [-0.39, 0.29) is 29.8 Å². The van der Waals surface area contributed by atoms with Gasteiger partial charge in [-0.05, 0) is 48.7 Å². The second-order valence-electron chi connectivity index (χ2n) is 10.3. The topological polar surface area (TPSA) is 103 Å². The third-order valence-electron chi connectivity index (χ3n) is 7.77. The molecule has 1 saturated carbocycles. The highest BCUT2D eigenvalue weighted by molar-refractivity contribution is 6.31. The Bertz CT molecular complexity index is 1500. The monoisotopic (exact) mass is 546 g/mol. The van der Waals surface area contributed by atoms with Crippen molar-refractivity contribution in [2.24, 2.45) is 5.92 Å². The van der Waals surface area contributed by atoms with E-state index in [0.29, 0.717) is 54.2 Å². The lowest BCUT2D eigenvalue weighted by molar-refractivity contribution is -0.135. The zero-order valence-electron chi connectivity index (χ0n) is 22.0. The number of carbonyl (C=O) groups excluding carboxylic acids is 2. The summed E-state index contributed by atoms with van der Waals surface area (Å²) in [6.45, 7) is 2.92. The van der Waals surface area contributed by atoms with Crippen LogP contribution in [0, 0.1) is 17.2 Å². The zero-order chi connectivity index (χ0) is 27.5. The molecule has 1 aliphatic heterocycles. The molecule has 5 rings (SSSR count). The van der Waals surface area contributed by atoms with Gasteiger partial charge in [-0.25, -0.2) is 4.98 Å². The lowest BCUT2D eigenvalue weighted by atomic mass is 10.1. The molecule has 0 spiro atoms. The number of anilines is 1. The summed E-state index contributed by atoms with van der Waals surface area (Å²) in [5.41, 5.74) is 2.37. The Labute approximate surface area is 232 Å². The lowest BCUT2D eigenvalue weighted by Crippen LogP contribution is -2.50. The summed E-state index contributed by atoms with van der Waals surface area (Å²) < 4.78 is 1.33. The summed E-state index contributed by atoms with van der Waals surface area (Å²) in [6, 6.07) is 12.7. The van der Waals surface area contributed by atoms with Crippen LogP contribution in [0.2, 0.25) is 5.02 Å². The molecule has 2 fully saturated rings. The van der Waals surface area contributed by atoms with Crippen LogP contribution in [0.25, 0.3) is 10.9 Å². The number of benzene rings is 2. The Kier molecular flexibility index (Phi) is 7.84. The molecule has 9 nitrogen and oxygen atoms in total. The van der Waals surface area contributed by atoms with Crippen LogP contribution in [-0.2, 0) is 22.7 Å². The third-order valence-corrected chi connectivity index (χ3v) is 8.09. The first-order chi connectivity index (χ1) is 18.8. The molecule has 1 saturated heterocycles. The van der Waals surface area contributed by atoms with E-state index < -0.39 is 0 Å². The molecule has 1 aliphatic carbocycles. The maximum Gasteiger partial charge on any atom is 0.261 e. The molecule has 39 heavy (non-hydrogen) atoms. The second-order valence-corrected chi connectivity index (χ2v) is 10.8. The van der Waals surface area contributed by atoms with Crippen molar-refractivity contribution in [3.63, 3.8) is 0 Å². The minimum Gasteiger partial charge on any atom is -0.368 e. The summed E-state index contributed by atoms with van der Waals surface area (Å²) in [5.74, 6) is 0.220. The van der Waals surface area contributed by atoms with Crippen LogP contribution in [-0.4, -0.2) is 64.4 Å². The Hall–Kier alpha value is -3.90. The first-order valence-electron chi connectivity index (χ1n) is 13.3. The molecule has 0 bridgehead atoms. The first-order valence-corrected chi connectivity index (χ1v) is 13.7. The van der Waals surface area contributed by atoms with E-state index >= 15 is 0 Å². The SMILES string of the molecule is CN(Cc1ccc(C#N)c(Cl)c1)C(=O)Cn1cnc2ccc(N3CCN(C(=O)C4CCCC4)CC3)cc2c1=O. The van der Waals surface area contributed by atoms with Gasteiger partial charge in [-0.15, -0.1) is 0 Å². The third kappa shape index (κ3) is 5.76. The van der Waals surface area contributed by atoms with Crippen molar-refractivity contribution < 1.29 is 9.59 Å². The summed E-state index contributed by atoms with van der Waals surface area (Å²) >= 11 is 6.11. The zero-order valence-corrected chi connectivity index (χ0v) is 22.7. The molecule has 10 heteroatoms. The predicted octanol–water partition coefficient (Wildman–Crippen LogP) is 3.42. The van der Waals surface area contributed by atoms with Crippen molar-refractivity contribution in [1.82, 2.24) is 19.4 Å². The molecule has 0 N–H and O–H groups in total. The fraction of sp³-hybridized carbons (Fsp3) is 0.414. The van der Waals surface area contributed by atoms with Gasteiger partial charge in [0.25, 0.3) is 5.56 Å². The van der Waals surface area contributed by atoms with Gasteiger partial charge in [0.05, 0.1) is 27.8 Å². The number of rotatable bonds is 6. The number of hydrogen-bond donors (Lipinski definition) is 0. The van der Waals surface area contributed by atoms with Crippen LogP contribution in [0.5, 0.6) is 0 Å². The number of nitriles is 1. The Balaban J connectivity index is 1.26. The molecule has 1 aromatic heterocycles. The smallest absolute Gasteiger partial charge is 0.261 e. The van der Waals surface area contributed by atoms with Crippen molar-refractivity contribution in [3.8, 4) is 6.07 Å². The number of nitrogens with zero attached hydrogens (tertiary/aromatic N) is 6. The second kappa shape index (κ2) is 11.5. The average Bonchev–Trinajstić information content (AvgIpc) is 3.49. The van der Waals surface area contributed by atoms with Crippen molar-refractivity contribution in [2.45, 2.75) is 38.8 Å². The minimum absolute atomic E-state index is 0.144. The van der Waals surface area contributed by atoms with Crippen molar-refractivity contribution >= 4 is 40.0 Å². The van der Waals surface area contributed by atoms with Crippen molar-refractivity contribution in [2.75, 3.05) is 38.1 Å². The fourth-order valence-electron chi connectivity index (χ4n) is 5.45. The first kappa shape index (κ1) is 26.7. The van der Waals surface area contributed by atoms with Crippen molar-refractivity contribution in [1.29, 1.82) is 5.26 Å². The van der Waals surface area contributed by atoms with E-state index in [1.807, 2.05) is 29.2 Å². The Morgan fingerprint density at radius 1 is 1.10 bits per heavy atom. The molecule has 3 aromatic rings. The van der Waals surface area contributed by atoms with Gasteiger partial charge in [0.2, 0.25) is 11.8 Å². The van der Waals surface area contributed by atoms with Gasteiger partial charge < -0.3 is 14.7 Å². The molecular weight excluding hydrogens is 516 g/mol. The number of piperazine rings is 1. The van der Waals surface area contributed by atoms with Crippen LogP contribution >= 0.6 is 11.6 Å². The number of likely N-dealkylation sites (N-methyl/N-ethyl adjacent to an activating group) is 1.